The van der Waals surface area contributed by atoms with Gasteiger partial charge in [-0.2, -0.15) is 5.10 Å². The van der Waals surface area contributed by atoms with E-state index in [2.05, 4.69) is 51.1 Å². The van der Waals surface area contributed by atoms with E-state index in [0.29, 0.717) is 6.54 Å². The molecule has 0 amide bonds. The smallest absolute Gasteiger partial charge is 0.126 e. The molecule has 0 aliphatic heterocycles. The van der Waals surface area contributed by atoms with Crippen LogP contribution >= 0.6 is 0 Å². The molecule has 2 rings (SSSR count). The molecule has 0 bridgehead atoms. The third kappa shape index (κ3) is 2.96. The SMILES string of the molecule is CCNCc1oc(Cn2nc(C)c(CC)c2C)cc1C. The van der Waals surface area contributed by atoms with E-state index in [1.165, 1.54) is 16.8 Å². The molecular formula is C16H25N3O. The monoisotopic (exact) mass is 275 g/mol. The first-order valence-electron chi connectivity index (χ1n) is 7.38. The van der Waals surface area contributed by atoms with E-state index >= 15 is 0 Å². The summed E-state index contributed by atoms with van der Waals surface area (Å²) in [5, 5.41) is 7.92. The van der Waals surface area contributed by atoms with Gasteiger partial charge in [-0.05, 0) is 50.9 Å². The van der Waals surface area contributed by atoms with Crippen molar-refractivity contribution in [3.05, 3.63) is 40.1 Å². The lowest BCUT2D eigenvalue weighted by molar-refractivity contribution is 0.428. The van der Waals surface area contributed by atoms with Crippen molar-refractivity contribution in [3.63, 3.8) is 0 Å². The van der Waals surface area contributed by atoms with Crippen LogP contribution in [-0.2, 0) is 19.5 Å². The summed E-state index contributed by atoms with van der Waals surface area (Å²) in [5.41, 5.74) is 4.92. The van der Waals surface area contributed by atoms with E-state index in [-0.39, 0.29) is 0 Å². The maximum atomic E-state index is 5.93. The molecular weight excluding hydrogens is 250 g/mol. The second kappa shape index (κ2) is 6.27. The first-order valence-corrected chi connectivity index (χ1v) is 7.38. The molecule has 0 unspecified atom stereocenters. The van der Waals surface area contributed by atoms with Crippen LogP contribution in [0.2, 0.25) is 0 Å². The van der Waals surface area contributed by atoms with Gasteiger partial charge in [0.1, 0.15) is 11.5 Å². The average Bonchev–Trinajstić information content (AvgIpc) is 2.88. The minimum Gasteiger partial charge on any atom is -0.462 e. The molecule has 0 radical (unpaired) electrons. The van der Waals surface area contributed by atoms with Crippen LogP contribution in [0.15, 0.2) is 10.5 Å². The van der Waals surface area contributed by atoms with E-state index in [9.17, 15) is 0 Å². The van der Waals surface area contributed by atoms with Crippen molar-refractivity contribution in [1.29, 1.82) is 0 Å². The second-order valence-electron chi connectivity index (χ2n) is 5.26. The molecule has 0 aliphatic carbocycles. The van der Waals surface area contributed by atoms with Crippen molar-refractivity contribution >= 4 is 0 Å². The molecule has 0 aliphatic rings. The van der Waals surface area contributed by atoms with Gasteiger partial charge in [-0.3, -0.25) is 4.68 Å². The maximum absolute atomic E-state index is 5.93. The summed E-state index contributed by atoms with van der Waals surface area (Å²) in [4.78, 5) is 0. The van der Waals surface area contributed by atoms with Crippen LogP contribution in [0.4, 0.5) is 0 Å². The van der Waals surface area contributed by atoms with Gasteiger partial charge < -0.3 is 9.73 Å². The summed E-state index contributed by atoms with van der Waals surface area (Å²) < 4.78 is 7.98. The highest BCUT2D eigenvalue weighted by Crippen LogP contribution is 2.19. The van der Waals surface area contributed by atoms with Gasteiger partial charge in [0.25, 0.3) is 0 Å². The minimum absolute atomic E-state index is 0.708. The van der Waals surface area contributed by atoms with Crippen LogP contribution < -0.4 is 5.32 Å². The van der Waals surface area contributed by atoms with Gasteiger partial charge in [0, 0.05) is 5.69 Å². The van der Waals surface area contributed by atoms with E-state index in [0.717, 1.165) is 36.7 Å². The minimum atomic E-state index is 0.708. The maximum Gasteiger partial charge on any atom is 0.126 e. The Morgan fingerprint density at radius 1 is 1.25 bits per heavy atom. The quantitative estimate of drug-likeness (QED) is 0.881. The number of hydrogen-bond acceptors (Lipinski definition) is 3. The molecule has 2 aromatic rings. The highest BCUT2D eigenvalue weighted by molar-refractivity contribution is 5.26. The standard InChI is InChI=1S/C16H25N3O/c1-6-15-12(4)18-19(13(15)5)10-14-8-11(3)16(20-14)9-17-7-2/h8,17H,6-7,9-10H2,1-5H3. The van der Waals surface area contributed by atoms with E-state index in [1.807, 2.05) is 4.68 Å². The molecule has 0 saturated carbocycles. The molecule has 4 nitrogen and oxygen atoms in total. The van der Waals surface area contributed by atoms with Gasteiger partial charge in [0.15, 0.2) is 0 Å². The Kier molecular flexibility index (Phi) is 4.65. The Balaban J connectivity index is 2.18. The van der Waals surface area contributed by atoms with Gasteiger partial charge in [-0.15, -0.1) is 0 Å². The van der Waals surface area contributed by atoms with Crippen LogP contribution in [0.25, 0.3) is 0 Å². The van der Waals surface area contributed by atoms with Crippen molar-refractivity contribution in [2.75, 3.05) is 6.54 Å². The van der Waals surface area contributed by atoms with E-state index in [4.69, 9.17) is 4.42 Å². The third-order valence-corrected chi connectivity index (χ3v) is 3.80. The van der Waals surface area contributed by atoms with E-state index < -0.39 is 0 Å². The number of rotatable bonds is 6. The Morgan fingerprint density at radius 3 is 2.60 bits per heavy atom. The van der Waals surface area contributed by atoms with Gasteiger partial charge >= 0.3 is 0 Å². The molecule has 0 fully saturated rings. The lowest BCUT2D eigenvalue weighted by Crippen LogP contribution is -2.11. The largest absolute Gasteiger partial charge is 0.462 e. The fourth-order valence-corrected chi connectivity index (χ4v) is 2.63. The van der Waals surface area contributed by atoms with Crippen LogP contribution in [0.1, 0.15) is 47.9 Å². The highest BCUT2D eigenvalue weighted by Gasteiger charge is 2.13. The number of aromatic nitrogens is 2. The first-order chi connectivity index (χ1) is 9.56. The highest BCUT2D eigenvalue weighted by atomic mass is 16.3. The zero-order valence-electron chi connectivity index (χ0n) is 13.2. The molecule has 4 heteroatoms. The Morgan fingerprint density at radius 2 is 2.00 bits per heavy atom. The molecule has 2 heterocycles. The summed E-state index contributed by atoms with van der Waals surface area (Å²) in [5.74, 6) is 2.00. The Hall–Kier alpha value is -1.55. The molecule has 1 N–H and O–H groups in total. The molecule has 0 saturated heterocycles. The molecule has 2 aromatic heterocycles. The number of nitrogens with zero attached hydrogens (tertiary/aromatic N) is 2. The van der Waals surface area contributed by atoms with Crippen LogP contribution in [-0.4, -0.2) is 16.3 Å². The van der Waals surface area contributed by atoms with Gasteiger partial charge in [-0.1, -0.05) is 13.8 Å². The van der Waals surface area contributed by atoms with Crippen molar-refractivity contribution in [1.82, 2.24) is 15.1 Å². The van der Waals surface area contributed by atoms with Crippen molar-refractivity contribution in [2.24, 2.45) is 0 Å². The molecule has 20 heavy (non-hydrogen) atoms. The average molecular weight is 275 g/mol. The first kappa shape index (κ1) is 14.9. The predicted molar refractivity (Wildman–Crippen MR) is 81.0 cm³/mol. The molecule has 0 aromatic carbocycles. The second-order valence-corrected chi connectivity index (χ2v) is 5.26. The molecule has 0 atom stereocenters. The van der Waals surface area contributed by atoms with Crippen molar-refractivity contribution in [3.8, 4) is 0 Å². The fraction of sp³-hybridized carbons (Fsp3) is 0.562. The fourth-order valence-electron chi connectivity index (χ4n) is 2.63. The summed E-state index contributed by atoms with van der Waals surface area (Å²) in [6.07, 6.45) is 1.03. The predicted octanol–water partition coefficient (Wildman–Crippen LogP) is 3.12. The number of furan rings is 1. The topological polar surface area (TPSA) is 43.0 Å². The summed E-state index contributed by atoms with van der Waals surface area (Å²) in [6, 6.07) is 2.12. The van der Waals surface area contributed by atoms with Gasteiger partial charge in [0.05, 0.1) is 18.8 Å². The zero-order valence-corrected chi connectivity index (χ0v) is 13.2. The number of hydrogen-bond donors (Lipinski definition) is 1. The summed E-state index contributed by atoms with van der Waals surface area (Å²) in [7, 11) is 0. The lowest BCUT2D eigenvalue weighted by Gasteiger charge is -2.03. The Labute approximate surface area is 121 Å². The summed E-state index contributed by atoms with van der Waals surface area (Å²) in [6.45, 7) is 13.0. The number of aryl methyl sites for hydroxylation is 2. The van der Waals surface area contributed by atoms with Gasteiger partial charge in [-0.25, -0.2) is 0 Å². The van der Waals surface area contributed by atoms with Crippen LogP contribution in [0, 0.1) is 20.8 Å². The summed E-state index contributed by atoms with van der Waals surface area (Å²) >= 11 is 0. The van der Waals surface area contributed by atoms with E-state index in [1.54, 1.807) is 0 Å². The molecule has 0 spiro atoms. The Bertz CT molecular complexity index is 581. The number of nitrogens with one attached hydrogen (secondary N) is 1. The van der Waals surface area contributed by atoms with Crippen LogP contribution in [0.3, 0.4) is 0 Å². The van der Waals surface area contributed by atoms with Crippen molar-refractivity contribution < 1.29 is 4.42 Å². The zero-order chi connectivity index (χ0) is 14.7. The molecule has 110 valence electrons. The third-order valence-electron chi connectivity index (χ3n) is 3.80. The lowest BCUT2D eigenvalue weighted by atomic mass is 10.1. The van der Waals surface area contributed by atoms with Crippen molar-refractivity contribution in [2.45, 2.75) is 54.1 Å². The van der Waals surface area contributed by atoms with Gasteiger partial charge in [0.2, 0.25) is 0 Å². The normalized spacial score (nSPS) is 11.2. The van der Waals surface area contributed by atoms with Crippen LogP contribution in [0.5, 0.6) is 0 Å².